The van der Waals surface area contributed by atoms with Crippen LogP contribution in [0.4, 0.5) is 5.69 Å². The normalized spacial score (nSPS) is 13.3. The molecule has 1 saturated heterocycles. The van der Waals surface area contributed by atoms with E-state index < -0.39 is 5.91 Å². The number of anilines is 1. The van der Waals surface area contributed by atoms with Crippen LogP contribution in [0.5, 0.6) is 11.5 Å². The lowest BCUT2D eigenvalue weighted by atomic mass is 10.2. The molecule has 1 N–H and O–H groups in total. The molecule has 9 heteroatoms. The van der Waals surface area contributed by atoms with E-state index in [1.54, 1.807) is 17.0 Å². The highest BCUT2D eigenvalue weighted by Crippen LogP contribution is 2.27. The number of carbonyl (C=O) groups excluding carboxylic acids is 2. The second-order valence-electron chi connectivity index (χ2n) is 6.89. The molecule has 0 spiro atoms. The summed E-state index contributed by atoms with van der Waals surface area (Å²) >= 11 is 5.93. The molecule has 0 aliphatic carbocycles. The van der Waals surface area contributed by atoms with E-state index >= 15 is 0 Å². The molecule has 1 aliphatic heterocycles. The van der Waals surface area contributed by atoms with Crippen LogP contribution in [0.3, 0.4) is 0 Å². The first-order valence-electron chi connectivity index (χ1n) is 9.76. The molecule has 0 saturated carbocycles. The van der Waals surface area contributed by atoms with E-state index in [9.17, 15) is 9.59 Å². The van der Waals surface area contributed by atoms with Crippen molar-refractivity contribution in [1.82, 2.24) is 10.2 Å². The largest absolute Gasteiger partial charge is 0.493 e. The van der Waals surface area contributed by atoms with E-state index in [1.807, 2.05) is 30.3 Å². The molecule has 2 aromatic rings. The topological polar surface area (TPSA) is 94.9 Å². The summed E-state index contributed by atoms with van der Waals surface area (Å²) in [7, 11) is 1.45. The molecule has 1 heterocycles. The van der Waals surface area contributed by atoms with Crippen LogP contribution >= 0.6 is 11.6 Å². The second kappa shape index (κ2) is 10.5. The first-order valence-corrected chi connectivity index (χ1v) is 10.1. The Kier molecular flexibility index (Phi) is 7.57. The first-order chi connectivity index (χ1) is 15.0. The number of hydrogen-bond acceptors (Lipinski definition) is 6. The zero-order chi connectivity index (χ0) is 22.2. The Morgan fingerprint density at radius 1 is 1.10 bits per heavy atom. The highest BCUT2D eigenvalue weighted by Gasteiger charge is 2.21. The molecule has 3 rings (SSSR count). The van der Waals surface area contributed by atoms with Gasteiger partial charge >= 0.3 is 0 Å². The van der Waals surface area contributed by atoms with Crippen molar-refractivity contribution in [3.63, 3.8) is 0 Å². The lowest BCUT2D eigenvalue weighted by molar-refractivity contribution is -0.133. The fraction of sp³-hybridized carbons (Fsp3) is 0.318. The lowest BCUT2D eigenvalue weighted by Gasteiger charge is -2.36. The third-order valence-corrected chi connectivity index (χ3v) is 5.16. The van der Waals surface area contributed by atoms with E-state index in [-0.39, 0.29) is 19.1 Å². The van der Waals surface area contributed by atoms with Crippen molar-refractivity contribution >= 4 is 29.1 Å². The molecule has 0 aromatic heterocycles. The molecule has 31 heavy (non-hydrogen) atoms. The molecule has 162 valence electrons. The van der Waals surface area contributed by atoms with Gasteiger partial charge in [0.2, 0.25) is 5.91 Å². The van der Waals surface area contributed by atoms with Crippen molar-refractivity contribution in [2.45, 2.75) is 0 Å². The van der Waals surface area contributed by atoms with E-state index in [0.717, 1.165) is 5.69 Å². The van der Waals surface area contributed by atoms with Crippen molar-refractivity contribution < 1.29 is 19.1 Å². The predicted molar refractivity (Wildman–Crippen MR) is 116 cm³/mol. The molecule has 8 nitrogen and oxygen atoms in total. The van der Waals surface area contributed by atoms with Gasteiger partial charge in [-0.2, -0.15) is 5.26 Å². The lowest BCUT2D eigenvalue weighted by Crippen LogP contribution is -2.51. The number of amides is 2. The van der Waals surface area contributed by atoms with Crippen LogP contribution < -0.4 is 19.7 Å². The number of rotatable bonds is 7. The molecule has 0 radical (unpaired) electrons. The zero-order valence-corrected chi connectivity index (χ0v) is 17.9. The van der Waals surface area contributed by atoms with Crippen LogP contribution in [-0.2, 0) is 9.59 Å². The summed E-state index contributed by atoms with van der Waals surface area (Å²) in [5.74, 6) is 0.155. The van der Waals surface area contributed by atoms with Crippen molar-refractivity contribution in [1.29, 1.82) is 5.26 Å². The number of methoxy groups -OCH3 is 1. The van der Waals surface area contributed by atoms with Crippen LogP contribution in [0.15, 0.2) is 42.5 Å². The maximum absolute atomic E-state index is 12.4. The van der Waals surface area contributed by atoms with Gasteiger partial charge in [0.05, 0.1) is 25.3 Å². The third-order valence-electron chi connectivity index (χ3n) is 4.91. The van der Waals surface area contributed by atoms with Gasteiger partial charge in [0.25, 0.3) is 5.91 Å². The third kappa shape index (κ3) is 6.03. The minimum absolute atomic E-state index is 0.0896. The first kappa shape index (κ1) is 22.2. The van der Waals surface area contributed by atoms with Gasteiger partial charge < -0.3 is 24.6 Å². The van der Waals surface area contributed by atoms with Crippen LogP contribution in [0.25, 0.3) is 0 Å². The SMILES string of the molecule is COc1cc(C#N)ccc1OCC(=O)NCC(=O)N1CCN(c2ccc(Cl)cc2)CC1. The number of nitrogens with zero attached hydrogens (tertiary/aromatic N) is 3. The Morgan fingerprint density at radius 2 is 1.81 bits per heavy atom. The number of carbonyl (C=O) groups is 2. The molecule has 2 aromatic carbocycles. The number of piperazine rings is 1. The van der Waals surface area contributed by atoms with E-state index in [0.29, 0.717) is 48.3 Å². The summed E-state index contributed by atoms with van der Waals surface area (Å²) in [6.07, 6.45) is 0. The van der Waals surface area contributed by atoms with Crippen molar-refractivity contribution in [3.8, 4) is 17.6 Å². The summed E-state index contributed by atoms with van der Waals surface area (Å²) in [5.41, 5.74) is 1.50. The molecular formula is C22H23ClN4O4. The van der Waals surface area contributed by atoms with E-state index in [4.69, 9.17) is 26.3 Å². The van der Waals surface area contributed by atoms with E-state index in [1.165, 1.54) is 13.2 Å². The molecule has 0 atom stereocenters. The van der Waals surface area contributed by atoms with Gasteiger partial charge in [0, 0.05) is 43.0 Å². The Labute approximate surface area is 185 Å². The number of benzene rings is 2. The Bertz CT molecular complexity index is 966. The summed E-state index contributed by atoms with van der Waals surface area (Å²) in [6.45, 7) is 2.23. The number of nitrogens with one attached hydrogen (secondary N) is 1. The Balaban J connectivity index is 1.41. The number of ether oxygens (including phenoxy) is 2. The van der Waals surface area contributed by atoms with Crippen molar-refractivity contribution in [2.75, 3.05) is 51.3 Å². The standard InChI is InChI=1S/C22H23ClN4O4/c1-30-20-12-16(13-24)2-7-19(20)31-15-21(28)25-14-22(29)27-10-8-26(9-11-27)18-5-3-17(23)4-6-18/h2-7,12H,8-11,14-15H2,1H3,(H,25,28). The van der Waals surface area contributed by atoms with Gasteiger partial charge in [-0.05, 0) is 36.4 Å². The van der Waals surface area contributed by atoms with Gasteiger partial charge in [-0.3, -0.25) is 9.59 Å². The Morgan fingerprint density at radius 3 is 2.45 bits per heavy atom. The average molecular weight is 443 g/mol. The summed E-state index contributed by atoms with van der Waals surface area (Å²) < 4.78 is 10.6. The van der Waals surface area contributed by atoms with Crippen LogP contribution in [0.2, 0.25) is 5.02 Å². The van der Waals surface area contributed by atoms with Gasteiger partial charge in [-0.1, -0.05) is 11.6 Å². The van der Waals surface area contributed by atoms with Gasteiger partial charge in [0.15, 0.2) is 18.1 Å². The van der Waals surface area contributed by atoms with Crippen LogP contribution in [0, 0.1) is 11.3 Å². The fourth-order valence-electron chi connectivity index (χ4n) is 3.20. The predicted octanol–water partition coefficient (Wildman–Crippen LogP) is 2.06. The minimum atomic E-state index is -0.417. The fourth-order valence-corrected chi connectivity index (χ4v) is 3.33. The maximum Gasteiger partial charge on any atom is 0.258 e. The average Bonchev–Trinajstić information content (AvgIpc) is 2.81. The maximum atomic E-state index is 12.4. The van der Waals surface area contributed by atoms with Crippen LogP contribution in [-0.4, -0.2) is 63.2 Å². The summed E-state index contributed by atoms with van der Waals surface area (Å²) in [6, 6.07) is 14.3. The number of nitriles is 1. The molecule has 2 amide bonds. The molecular weight excluding hydrogens is 420 g/mol. The smallest absolute Gasteiger partial charge is 0.258 e. The van der Waals surface area contributed by atoms with Gasteiger partial charge in [0.1, 0.15) is 0 Å². The summed E-state index contributed by atoms with van der Waals surface area (Å²) in [4.78, 5) is 28.4. The molecule has 1 aliphatic rings. The monoisotopic (exact) mass is 442 g/mol. The number of halogens is 1. The van der Waals surface area contributed by atoms with Crippen molar-refractivity contribution in [3.05, 3.63) is 53.1 Å². The zero-order valence-electron chi connectivity index (χ0n) is 17.1. The quantitative estimate of drug-likeness (QED) is 0.705. The molecule has 0 bridgehead atoms. The van der Waals surface area contributed by atoms with Gasteiger partial charge in [-0.25, -0.2) is 0 Å². The van der Waals surface area contributed by atoms with Crippen molar-refractivity contribution in [2.24, 2.45) is 0 Å². The number of hydrogen-bond donors (Lipinski definition) is 1. The highest BCUT2D eigenvalue weighted by atomic mass is 35.5. The molecule has 1 fully saturated rings. The second-order valence-corrected chi connectivity index (χ2v) is 7.32. The minimum Gasteiger partial charge on any atom is -0.493 e. The highest BCUT2D eigenvalue weighted by molar-refractivity contribution is 6.30. The Hall–Kier alpha value is -3.44. The van der Waals surface area contributed by atoms with Crippen LogP contribution in [0.1, 0.15) is 5.56 Å². The van der Waals surface area contributed by atoms with E-state index in [2.05, 4.69) is 10.2 Å². The molecule has 0 unspecified atom stereocenters. The van der Waals surface area contributed by atoms with Gasteiger partial charge in [-0.15, -0.1) is 0 Å². The summed E-state index contributed by atoms with van der Waals surface area (Å²) in [5, 5.41) is 12.2.